The Balaban J connectivity index is 2.19. The summed E-state index contributed by atoms with van der Waals surface area (Å²) in [5.74, 6) is -0.0667. The SMILES string of the molecule is CCNC(=O)CCCNC(=O)c1ccccc1. The summed E-state index contributed by atoms with van der Waals surface area (Å²) in [6.45, 7) is 3.05. The standard InChI is InChI=1S/C13H18N2O2/c1-2-14-12(16)9-6-10-15-13(17)11-7-4-3-5-8-11/h3-5,7-8H,2,6,9-10H2,1H3,(H,14,16)(H,15,17). The molecule has 2 N–H and O–H groups in total. The molecule has 4 nitrogen and oxygen atoms in total. The van der Waals surface area contributed by atoms with Crippen molar-refractivity contribution in [1.82, 2.24) is 10.6 Å². The molecule has 2 amide bonds. The highest BCUT2D eigenvalue weighted by Gasteiger charge is 2.04. The second kappa shape index (κ2) is 7.44. The van der Waals surface area contributed by atoms with Crippen LogP contribution in [0.5, 0.6) is 0 Å². The van der Waals surface area contributed by atoms with E-state index in [9.17, 15) is 9.59 Å². The lowest BCUT2D eigenvalue weighted by Crippen LogP contribution is -2.27. The van der Waals surface area contributed by atoms with Crippen LogP contribution >= 0.6 is 0 Å². The minimum Gasteiger partial charge on any atom is -0.356 e. The van der Waals surface area contributed by atoms with E-state index in [1.54, 1.807) is 12.1 Å². The maximum Gasteiger partial charge on any atom is 0.251 e. The van der Waals surface area contributed by atoms with Crippen molar-refractivity contribution in [2.75, 3.05) is 13.1 Å². The van der Waals surface area contributed by atoms with Crippen LogP contribution in [0.2, 0.25) is 0 Å². The summed E-state index contributed by atoms with van der Waals surface area (Å²) < 4.78 is 0. The smallest absolute Gasteiger partial charge is 0.251 e. The van der Waals surface area contributed by atoms with Crippen LogP contribution in [-0.4, -0.2) is 24.9 Å². The van der Waals surface area contributed by atoms with E-state index in [4.69, 9.17) is 0 Å². The lowest BCUT2D eigenvalue weighted by Gasteiger charge is -2.05. The second-order valence-corrected chi connectivity index (χ2v) is 3.68. The Kier molecular flexibility index (Phi) is 5.79. The van der Waals surface area contributed by atoms with Crippen molar-refractivity contribution in [2.24, 2.45) is 0 Å². The molecule has 0 aliphatic carbocycles. The highest BCUT2D eigenvalue weighted by atomic mass is 16.2. The van der Waals surface area contributed by atoms with E-state index < -0.39 is 0 Å². The average Bonchev–Trinajstić information content (AvgIpc) is 2.36. The van der Waals surface area contributed by atoms with Gasteiger partial charge < -0.3 is 10.6 Å². The summed E-state index contributed by atoms with van der Waals surface area (Å²) in [6, 6.07) is 9.04. The Morgan fingerprint density at radius 3 is 2.47 bits per heavy atom. The monoisotopic (exact) mass is 234 g/mol. The molecule has 0 unspecified atom stereocenters. The molecule has 0 radical (unpaired) electrons. The number of carbonyl (C=O) groups excluding carboxylic acids is 2. The minimum absolute atomic E-state index is 0.0291. The number of nitrogens with one attached hydrogen (secondary N) is 2. The molecule has 0 spiro atoms. The van der Waals surface area contributed by atoms with Crippen LogP contribution in [0.4, 0.5) is 0 Å². The predicted octanol–water partition coefficient (Wildman–Crippen LogP) is 1.33. The molecule has 92 valence electrons. The summed E-state index contributed by atoms with van der Waals surface area (Å²) in [5, 5.41) is 5.49. The van der Waals surface area contributed by atoms with Crippen LogP contribution in [0, 0.1) is 0 Å². The third-order valence-corrected chi connectivity index (χ3v) is 2.28. The molecule has 0 aliphatic rings. The van der Waals surface area contributed by atoms with Gasteiger partial charge in [0.2, 0.25) is 5.91 Å². The zero-order valence-electron chi connectivity index (χ0n) is 10.0. The van der Waals surface area contributed by atoms with Crippen molar-refractivity contribution in [3.63, 3.8) is 0 Å². The van der Waals surface area contributed by atoms with Crippen molar-refractivity contribution in [1.29, 1.82) is 0 Å². The van der Waals surface area contributed by atoms with E-state index in [0.29, 0.717) is 31.5 Å². The normalized spacial score (nSPS) is 9.71. The molecule has 0 aromatic heterocycles. The van der Waals surface area contributed by atoms with Crippen LogP contribution in [0.3, 0.4) is 0 Å². The van der Waals surface area contributed by atoms with Gasteiger partial charge in [0.15, 0.2) is 0 Å². The first kappa shape index (κ1) is 13.2. The second-order valence-electron chi connectivity index (χ2n) is 3.68. The molecule has 0 heterocycles. The Bertz CT molecular complexity index is 363. The molecule has 17 heavy (non-hydrogen) atoms. The molecule has 1 aromatic rings. The van der Waals surface area contributed by atoms with Crippen molar-refractivity contribution < 1.29 is 9.59 Å². The van der Waals surface area contributed by atoms with Gasteiger partial charge in [0.05, 0.1) is 0 Å². The van der Waals surface area contributed by atoms with Gasteiger partial charge in [-0.1, -0.05) is 18.2 Å². The van der Waals surface area contributed by atoms with E-state index in [0.717, 1.165) is 0 Å². The largest absolute Gasteiger partial charge is 0.356 e. The average molecular weight is 234 g/mol. The van der Waals surface area contributed by atoms with Crippen LogP contribution in [0.15, 0.2) is 30.3 Å². The van der Waals surface area contributed by atoms with Crippen LogP contribution in [0.25, 0.3) is 0 Å². The fraction of sp³-hybridized carbons (Fsp3) is 0.385. The summed E-state index contributed by atoms with van der Waals surface area (Å²) in [7, 11) is 0. The Hall–Kier alpha value is -1.84. The Morgan fingerprint density at radius 1 is 1.12 bits per heavy atom. The summed E-state index contributed by atoms with van der Waals surface area (Å²) in [6.07, 6.45) is 1.10. The zero-order valence-corrected chi connectivity index (χ0v) is 10.0. The first-order valence-electron chi connectivity index (χ1n) is 5.84. The van der Waals surface area contributed by atoms with Gasteiger partial charge in [0.25, 0.3) is 5.91 Å². The molecule has 0 bridgehead atoms. The number of hydrogen-bond acceptors (Lipinski definition) is 2. The molecule has 1 aromatic carbocycles. The van der Waals surface area contributed by atoms with E-state index in [-0.39, 0.29) is 11.8 Å². The van der Waals surface area contributed by atoms with Gasteiger partial charge in [0.1, 0.15) is 0 Å². The molecule has 1 rings (SSSR count). The molecule has 0 aliphatic heterocycles. The van der Waals surface area contributed by atoms with Gasteiger partial charge >= 0.3 is 0 Å². The van der Waals surface area contributed by atoms with Crippen molar-refractivity contribution >= 4 is 11.8 Å². The summed E-state index contributed by atoms with van der Waals surface area (Å²) in [4.78, 5) is 22.7. The predicted molar refractivity (Wildman–Crippen MR) is 66.7 cm³/mol. The first-order chi connectivity index (χ1) is 8.24. The highest BCUT2D eigenvalue weighted by Crippen LogP contribution is 1.98. The Morgan fingerprint density at radius 2 is 1.82 bits per heavy atom. The van der Waals surface area contributed by atoms with Crippen molar-refractivity contribution in [3.05, 3.63) is 35.9 Å². The van der Waals surface area contributed by atoms with Gasteiger partial charge in [-0.15, -0.1) is 0 Å². The molecule has 0 saturated carbocycles. The Labute approximate surface area is 101 Å². The van der Waals surface area contributed by atoms with Crippen molar-refractivity contribution in [3.8, 4) is 0 Å². The van der Waals surface area contributed by atoms with Gasteiger partial charge in [-0.2, -0.15) is 0 Å². The molecular weight excluding hydrogens is 216 g/mol. The van der Waals surface area contributed by atoms with Gasteiger partial charge in [-0.05, 0) is 25.5 Å². The molecule has 0 fully saturated rings. The number of rotatable bonds is 6. The third-order valence-electron chi connectivity index (χ3n) is 2.28. The fourth-order valence-corrected chi connectivity index (χ4v) is 1.43. The van der Waals surface area contributed by atoms with E-state index in [2.05, 4.69) is 10.6 Å². The molecule has 0 atom stereocenters. The maximum atomic E-state index is 11.6. The molecule has 4 heteroatoms. The van der Waals surface area contributed by atoms with Crippen LogP contribution in [0.1, 0.15) is 30.1 Å². The number of hydrogen-bond donors (Lipinski definition) is 2. The summed E-state index contributed by atoms with van der Waals surface area (Å²) in [5.41, 5.74) is 0.644. The van der Waals surface area contributed by atoms with Gasteiger partial charge in [-0.3, -0.25) is 9.59 Å². The zero-order chi connectivity index (χ0) is 12.5. The lowest BCUT2D eigenvalue weighted by atomic mass is 10.2. The highest BCUT2D eigenvalue weighted by molar-refractivity contribution is 5.94. The van der Waals surface area contributed by atoms with E-state index in [1.165, 1.54) is 0 Å². The lowest BCUT2D eigenvalue weighted by molar-refractivity contribution is -0.121. The van der Waals surface area contributed by atoms with E-state index in [1.807, 2.05) is 25.1 Å². The van der Waals surface area contributed by atoms with Crippen LogP contribution in [-0.2, 0) is 4.79 Å². The van der Waals surface area contributed by atoms with E-state index >= 15 is 0 Å². The summed E-state index contributed by atoms with van der Waals surface area (Å²) >= 11 is 0. The molecule has 0 saturated heterocycles. The topological polar surface area (TPSA) is 58.2 Å². The van der Waals surface area contributed by atoms with Crippen molar-refractivity contribution in [2.45, 2.75) is 19.8 Å². The fourth-order valence-electron chi connectivity index (χ4n) is 1.43. The maximum absolute atomic E-state index is 11.6. The third kappa shape index (κ3) is 5.15. The number of benzene rings is 1. The van der Waals surface area contributed by atoms with Crippen LogP contribution < -0.4 is 10.6 Å². The molecular formula is C13H18N2O2. The number of amides is 2. The van der Waals surface area contributed by atoms with Gasteiger partial charge in [-0.25, -0.2) is 0 Å². The first-order valence-corrected chi connectivity index (χ1v) is 5.84. The quantitative estimate of drug-likeness (QED) is 0.730. The van der Waals surface area contributed by atoms with Gasteiger partial charge in [0, 0.05) is 25.1 Å². The number of carbonyl (C=O) groups is 2. The minimum atomic E-state index is -0.0958.